The smallest absolute Gasteiger partial charge is 0.250 e. The fourth-order valence-corrected chi connectivity index (χ4v) is 5.25. The van der Waals surface area contributed by atoms with Crippen molar-refractivity contribution < 1.29 is 14.4 Å². The first kappa shape index (κ1) is 13.2. The molecule has 2 N–H and O–H groups in total. The van der Waals surface area contributed by atoms with Crippen LogP contribution in [-0.2, 0) is 19.9 Å². The van der Waals surface area contributed by atoms with Crippen molar-refractivity contribution >= 4 is 23.4 Å². The lowest BCUT2D eigenvalue weighted by Crippen LogP contribution is -2.56. The van der Waals surface area contributed by atoms with Crippen molar-refractivity contribution in [3.8, 4) is 0 Å². The second-order valence-corrected chi connectivity index (χ2v) is 6.88. The van der Waals surface area contributed by atoms with Crippen molar-refractivity contribution in [3.05, 3.63) is 29.8 Å². The van der Waals surface area contributed by atoms with Crippen LogP contribution in [0, 0.1) is 11.8 Å². The number of rotatable bonds is 0. The Labute approximate surface area is 133 Å². The number of carbonyl (C=O) groups is 3. The summed E-state index contributed by atoms with van der Waals surface area (Å²) < 4.78 is 0. The van der Waals surface area contributed by atoms with E-state index in [4.69, 9.17) is 0 Å². The third-order valence-electron chi connectivity index (χ3n) is 5.99. The number of nitrogens with one attached hydrogen (secondary N) is 2. The number of hydrogen-bond donors (Lipinski definition) is 2. The number of para-hydroxylation sites is 1. The lowest BCUT2D eigenvalue weighted by molar-refractivity contribution is -0.138. The van der Waals surface area contributed by atoms with Crippen molar-refractivity contribution in [1.82, 2.24) is 10.2 Å². The minimum Gasteiger partial charge on any atom is -0.324 e. The largest absolute Gasteiger partial charge is 0.324 e. The molecule has 1 spiro atoms. The van der Waals surface area contributed by atoms with Crippen molar-refractivity contribution in [3.63, 3.8) is 0 Å². The molecule has 3 amide bonds. The van der Waals surface area contributed by atoms with Gasteiger partial charge in [-0.1, -0.05) is 24.6 Å². The van der Waals surface area contributed by atoms with Gasteiger partial charge in [0, 0.05) is 17.3 Å². The summed E-state index contributed by atoms with van der Waals surface area (Å²) in [7, 11) is 0. The van der Waals surface area contributed by atoms with Gasteiger partial charge < -0.3 is 5.32 Å². The molecule has 23 heavy (non-hydrogen) atoms. The van der Waals surface area contributed by atoms with Gasteiger partial charge in [0.05, 0.1) is 11.8 Å². The quantitative estimate of drug-likeness (QED) is 0.688. The zero-order valence-electron chi connectivity index (χ0n) is 12.5. The Morgan fingerprint density at radius 1 is 1.04 bits per heavy atom. The third kappa shape index (κ3) is 1.36. The molecule has 4 aliphatic heterocycles. The van der Waals surface area contributed by atoms with Crippen LogP contribution in [0.2, 0.25) is 0 Å². The van der Waals surface area contributed by atoms with Crippen LogP contribution in [0.4, 0.5) is 5.69 Å². The SMILES string of the molecule is O=C1NC(=O)[C@@H]2[C@H]1[C@H]1CCCCN1[C@@]21C(=O)Nc2ccccc21. The number of imide groups is 1. The Kier molecular flexibility index (Phi) is 2.42. The molecule has 3 saturated heterocycles. The second kappa shape index (κ2) is 4.20. The minimum absolute atomic E-state index is 0.0305. The average molecular weight is 311 g/mol. The molecule has 3 fully saturated rings. The van der Waals surface area contributed by atoms with Gasteiger partial charge in [0.2, 0.25) is 17.7 Å². The van der Waals surface area contributed by atoms with Crippen LogP contribution >= 0.6 is 0 Å². The summed E-state index contributed by atoms with van der Waals surface area (Å²) >= 11 is 0. The molecule has 0 bridgehead atoms. The number of anilines is 1. The molecule has 6 heteroatoms. The molecule has 0 radical (unpaired) electrons. The lowest BCUT2D eigenvalue weighted by atomic mass is 9.76. The zero-order valence-corrected chi connectivity index (χ0v) is 12.5. The monoisotopic (exact) mass is 311 g/mol. The predicted octanol–water partition coefficient (Wildman–Crippen LogP) is 0.591. The maximum absolute atomic E-state index is 13.1. The van der Waals surface area contributed by atoms with E-state index >= 15 is 0 Å². The Balaban J connectivity index is 1.79. The Morgan fingerprint density at radius 2 is 1.87 bits per heavy atom. The molecule has 4 heterocycles. The van der Waals surface area contributed by atoms with Crippen molar-refractivity contribution in [1.29, 1.82) is 0 Å². The normalized spacial score (nSPS) is 38.3. The van der Waals surface area contributed by atoms with E-state index in [0.29, 0.717) is 0 Å². The topological polar surface area (TPSA) is 78.5 Å². The maximum atomic E-state index is 13.1. The molecule has 4 aliphatic rings. The van der Waals surface area contributed by atoms with E-state index in [0.717, 1.165) is 37.1 Å². The standard InChI is InChI=1S/C17H17N3O3/c21-14-12-11-7-3-4-8-20(11)17(13(12)15(22)19-14)9-5-1-2-6-10(9)18-16(17)23/h1-2,5-6,11-13H,3-4,7-8H2,(H,18,23)(H,19,21,22)/t11-,12-,13+,17-/m1/s1. The molecule has 118 valence electrons. The Bertz CT molecular complexity index is 761. The molecule has 5 rings (SSSR count). The summed E-state index contributed by atoms with van der Waals surface area (Å²) in [5.74, 6) is -1.73. The zero-order chi connectivity index (χ0) is 15.8. The number of hydrogen-bond acceptors (Lipinski definition) is 4. The van der Waals surface area contributed by atoms with Gasteiger partial charge in [-0.15, -0.1) is 0 Å². The highest BCUT2D eigenvalue weighted by Gasteiger charge is 2.72. The van der Waals surface area contributed by atoms with E-state index in [1.54, 1.807) is 0 Å². The summed E-state index contributed by atoms with van der Waals surface area (Å²) in [4.78, 5) is 40.2. The van der Waals surface area contributed by atoms with Crippen LogP contribution < -0.4 is 10.6 Å². The maximum Gasteiger partial charge on any atom is 0.250 e. The van der Waals surface area contributed by atoms with Crippen molar-refractivity contribution in [2.45, 2.75) is 30.8 Å². The molecule has 4 atom stereocenters. The number of benzene rings is 1. The lowest BCUT2D eigenvalue weighted by Gasteiger charge is -2.41. The van der Waals surface area contributed by atoms with E-state index in [1.165, 1.54) is 0 Å². The van der Waals surface area contributed by atoms with Gasteiger partial charge in [0.1, 0.15) is 5.54 Å². The summed E-state index contributed by atoms with van der Waals surface area (Å²) in [6.45, 7) is 0.750. The van der Waals surface area contributed by atoms with E-state index < -0.39 is 17.4 Å². The average Bonchev–Trinajstić information content (AvgIpc) is 3.13. The highest BCUT2D eigenvalue weighted by atomic mass is 16.2. The molecule has 1 aromatic carbocycles. The van der Waals surface area contributed by atoms with E-state index in [9.17, 15) is 14.4 Å². The Morgan fingerprint density at radius 3 is 2.74 bits per heavy atom. The molecular formula is C17H17N3O3. The van der Waals surface area contributed by atoms with Gasteiger partial charge >= 0.3 is 0 Å². The highest BCUT2D eigenvalue weighted by molar-refractivity contribution is 6.15. The second-order valence-electron chi connectivity index (χ2n) is 6.88. The first-order valence-electron chi connectivity index (χ1n) is 8.18. The summed E-state index contributed by atoms with van der Waals surface area (Å²) in [6, 6.07) is 7.51. The van der Waals surface area contributed by atoms with Crippen molar-refractivity contribution in [2.24, 2.45) is 11.8 Å². The fraction of sp³-hybridized carbons (Fsp3) is 0.471. The van der Waals surface area contributed by atoms with Gasteiger partial charge in [-0.25, -0.2) is 0 Å². The van der Waals surface area contributed by atoms with Gasteiger partial charge in [-0.2, -0.15) is 0 Å². The number of nitrogens with zero attached hydrogens (tertiary/aromatic N) is 1. The van der Waals surface area contributed by atoms with Gasteiger partial charge in [-0.05, 0) is 25.5 Å². The van der Waals surface area contributed by atoms with Crippen LogP contribution in [0.1, 0.15) is 24.8 Å². The minimum atomic E-state index is -1.03. The van der Waals surface area contributed by atoms with Crippen LogP contribution in [0.15, 0.2) is 24.3 Å². The molecule has 6 nitrogen and oxygen atoms in total. The van der Waals surface area contributed by atoms with Crippen LogP contribution in [0.3, 0.4) is 0 Å². The summed E-state index contributed by atoms with van der Waals surface area (Å²) in [5.41, 5.74) is 0.576. The molecule has 1 aromatic rings. The van der Waals surface area contributed by atoms with Crippen LogP contribution in [0.5, 0.6) is 0 Å². The molecule has 0 saturated carbocycles. The number of amides is 3. The molecular weight excluding hydrogens is 294 g/mol. The van der Waals surface area contributed by atoms with Gasteiger partial charge in [0.15, 0.2) is 0 Å². The number of fused-ring (bicyclic) bond motifs is 7. The first-order chi connectivity index (χ1) is 11.2. The molecule has 0 unspecified atom stereocenters. The third-order valence-corrected chi connectivity index (χ3v) is 5.99. The predicted molar refractivity (Wildman–Crippen MR) is 81.2 cm³/mol. The molecule has 0 aliphatic carbocycles. The number of carbonyl (C=O) groups excluding carboxylic acids is 3. The summed E-state index contributed by atoms with van der Waals surface area (Å²) in [6.07, 6.45) is 2.88. The van der Waals surface area contributed by atoms with Crippen LogP contribution in [-0.4, -0.2) is 35.2 Å². The first-order valence-corrected chi connectivity index (χ1v) is 8.18. The molecule has 0 aromatic heterocycles. The van der Waals surface area contributed by atoms with Crippen LogP contribution in [0.25, 0.3) is 0 Å². The van der Waals surface area contributed by atoms with Gasteiger partial charge in [0.25, 0.3) is 0 Å². The van der Waals surface area contributed by atoms with E-state index in [1.807, 2.05) is 24.3 Å². The number of piperidine rings is 1. The summed E-state index contributed by atoms with van der Waals surface area (Å²) in [5, 5.41) is 5.41. The van der Waals surface area contributed by atoms with E-state index in [2.05, 4.69) is 15.5 Å². The highest BCUT2D eigenvalue weighted by Crippen LogP contribution is 2.58. The fourth-order valence-electron chi connectivity index (χ4n) is 5.25. The van der Waals surface area contributed by atoms with E-state index in [-0.39, 0.29) is 23.8 Å². The Hall–Kier alpha value is -2.21. The van der Waals surface area contributed by atoms with Crippen molar-refractivity contribution in [2.75, 3.05) is 11.9 Å². The van der Waals surface area contributed by atoms with Gasteiger partial charge in [-0.3, -0.25) is 24.6 Å².